The number of allylic oxidation sites excluding steroid dienone is 1. The van der Waals surface area contributed by atoms with Gasteiger partial charge in [0.1, 0.15) is 18.1 Å². The van der Waals surface area contributed by atoms with E-state index in [1.54, 1.807) is 36.0 Å². The van der Waals surface area contributed by atoms with Gasteiger partial charge in [-0.25, -0.2) is 4.99 Å². The van der Waals surface area contributed by atoms with Gasteiger partial charge in [0.05, 0.1) is 29.4 Å². The summed E-state index contributed by atoms with van der Waals surface area (Å²) in [4.78, 5) is 30.4. The van der Waals surface area contributed by atoms with Crippen molar-refractivity contribution in [2.45, 2.75) is 18.9 Å². The van der Waals surface area contributed by atoms with Gasteiger partial charge in [-0.2, -0.15) is 0 Å². The van der Waals surface area contributed by atoms with Gasteiger partial charge in [-0.1, -0.05) is 65.9 Å². The van der Waals surface area contributed by atoms with Crippen LogP contribution in [0.3, 0.4) is 0 Å². The average molecular weight is 524 g/mol. The summed E-state index contributed by atoms with van der Waals surface area (Å²) in [7, 11) is 1.64. The Hall–Kier alpha value is -4.43. The maximum atomic E-state index is 13.9. The summed E-state index contributed by atoms with van der Waals surface area (Å²) in [6.07, 6.45) is 3.45. The standard InChI is InChI=1S/C30H24N2O5S/c1-36-24-12-5-4-11-22(24)28-23-14-13-19-8-2-3-10-21(19)27(23)31-30-32(28)29(35)25(38-30)16-18-7-6-9-20(15-18)37-17-26(33)34/h2-12,15-16,28H,13-14,17H2,1H3,(H,33,34)/p-1/b25-16+/t28-/m0/s1. The number of carbonyl (C=O) groups is 1. The van der Waals surface area contributed by atoms with Crippen LogP contribution in [0, 0.1) is 0 Å². The number of rotatable bonds is 6. The van der Waals surface area contributed by atoms with Crippen molar-refractivity contribution in [3.8, 4) is 11.5 Å². The quantitative estimate of drug-likeness (QED) is 0.387. The molecule has 0 radical (unpaired) electrons. The molecule has 1 aliphatic heterocycles. The van der Waals surface area contributed by atoms with E-state index in [4.69, 9.17) is 14.5 Å². The van der Waals surface area contributed by atoms with Gasteiger partial charge >= 0.3 is 0 Å². The topological polar surface area (TPSA) is 93.0 Å². The average Bonchev–Trinajstić information content (AvgIpc) is 3.25. The zero-order valence-electron chi connectivity index (χ0n) is 20.5. The maximum absolute atomic E-state index is 13.9. The molecule has 1 atom stereocenters. The number of carboxylic acid groups (broad SMARTS) is 1. The minimum atomic E-state index is -1.30. The fourth-order valence-electron chi connectivity index (χ4n) is 5.18. The molecule has 0 fully saturated rings. The minimum Gasteiger partial charge on any atom is -0.546 e. The third kappa shape index (κ3) is 4.22. The number of methoxy groups -OCH3 is 1. The van der Waals surface area contributed by atoms with E-state index < -0.39 is 12.6 Å². The molecule has 1 aliphatic carbocycles. The van der Waals surface area contributed by atoms with Crippen molar-refractivity contribution in [2.75, 3.05) is 13.7 Å². The van der Waals surface area contributed by atoms with Gasteiger partial charge in [0.25, 0.3) is 5.56 Å². The fourth-order valence-corrected chi connectivity index (χ4v) is 6.18. The minimum absolute atomic E-state index is 0.142. The van der Waals surface area contributed by atoms with Gasteiger partial charge in [0.2, 0.25) is 0 Å². The van der Waals surface area contributed by atoms with Gasteiger partial charge in [0.15, 0.2) is 4.80 Å². The van der Waals surface area contributed by atoms with Crippen molar-refractivity contribution in [3.05, 3.63) is 120 Å². The zero-order valence-corrected chi connectivity index (χ0v) is 21.4. The molecule has 7 nitrogen and oxygen atoms in total. The van der Waals surface area contributed by atoms with E-state index in [0.717, 1.165) is 41.0 Å². The van der Waals surface area contributed by atoms with E-state index in [1.807, 2.05) is 42.5 Å². The van der Waals surface area contributed by atoms with Gasteiger partial charge in [-0.15, -0.1) is 0 Å². The van der Waals surface area contributed by atoms with E-state index in [9.17, 15) is 14.7 Å². The van der Waals surface area contributed by atoms with Crippen LogP contribution in [0.5, 0.6) is 11.5 Å². The molecule has 1 aromatic heterocycles. The van der Waals surface area contributed by atoms with Crippen LogP contribution in [0.1, 0.15) is 34.7 Å². The highest BCUT2D eigenvalue weighted by Crippen LogP contribution is 2.43. The number of aryl methyl sites for hydroxylation is 1. The van der Waals surface area contributed by atoms with Crippen LogP contribution in [0.15, 0.2) is 88.2 Å². The van der Waals surface area contributed by atoms with Gasteiger partial charge in [-0.3, -0.25) is 9.36 Å². The summed E-state index contributed by atoms with van der Waals surface area (Å²) in [5.41, 5.74) is 5.87. The van der Waals surface area contributed by atoms with Crippen molar-refractivity contribution in [1.29, 1.82) is 0 Å². The number of para-hydroxylation sites is 1. The molecule has 0 N–H and O–H groups in total. The number of fused-ring (bicyclic) bond motifs is 3. The predicted octanol–water partition coefficient (Wildman–Crippen LogP) is 2.46. The van der Waals surface area contributed by atoms with Crippen LogP contribution in [0.25, 0.3) is 11.8 Å². The van der Waals surface area contributed by atoms with Crippen molar-refractivity contribution in [1.82, 2.24) is 4.57 Å². The molecule has 0 unspecified atom stereocenters. The number of benzene rings is 3. The first-order chi connectivity index (χ1) is 18.5. The van der Waals surface area contributed by atoms with Crippen molar-refractivity contribution < 1.29 is 19.4 Å². The lowest BCUT2D eigenvalue weighted by Gasteiger charge is -2.31. The fraction of sp³-hybridized carbons (Fsp3) is 0.167. The van der Waals surface area contributed by atoms with Crippen LogP contribution in [0.2, 0.25) is 0 Å². The Kier molecular flexibility index (Phi) is 6.17. The van der Waals surface area contributed by atoms with Crippen LogP contribution < -0.4 is 29.5 Å². The van der Waals surface area contributed by atoms with Crippen LogP contribution >= 0.6 is 11.3 Å². The summed E-state index contributed by atoms with van der Waals surface area (Å²) in [6.45, 7) is -0.544. The second kappa shape index (κ2) is 9.79. The Bertz CT molecular complexity index is 1780. The first-order valence-corrected chi connectivity index (χ1v) is 13.0. The Morgan fingerprint density at radius 1 is 1.11 bits per heavy atom. The number of aromatic nitrogens is 1. The Morgan fingerprint density at radius 3 is 2.76 bits per heavy atom. The first-order valence-electron chi connectivity index (χ1n) is 12.2. The number of carbonyl (C=O) groups excluding carboxylic acids is 1. The third-order valence-electron chi connectivity index (χ3n) is 6.82. The molecule has 0 saturated heterocycles. The van der Waals surface area contributed by atoms with Gasteiger partial charge in [-0.05, 0) is 53.8 Å². The molecule has 0 amide bonds. The molecule has 3 aromatic carbocycles. The molecular formula is C30H23N2O5S-. The largest absolute Gasteiger partial charge is 0.546 e. The summed E-state index contributed by atoms with van der Waals surface area (Å²) in [6, 6.07) is 22.7. The molecule has 38 heavy (non-hydrogen) atoms. The molecule has 6 rings (SSSR count). The van der Waals surface area contributed by atoms with Crippen LogP contribution in [-0.2, 0) is 11.2 Å². The number of ether oxygens (including phenoxy) is 2. The number of hydrogen-bond donors (Lipinski definition) is 0. The maximum Gasteiger partial charge on any atom is 0.271 e. The summed E-state index contributed by atoms with van der Waals surface area (Å²) < 4.78 is 13.3. The van der Waals surface area contributed by atoms with Crippen molar-refractivity contribution in [3.63, 3.8) is 0 Å². The first kappa shape index (κ1) is 23.9. The number of carboxylic acids is 1. The SMILES string of the molecule is COc1ccccc1[C@H]1C2=C(N=c3s/c(=C/c4cccc(OCC(=O)[O-])c4)c(=O)n31)c1ccccc1CC2. The van der Waals surface area contributed by atoms with E-state index in [0.29, 0.717) is 20.6 Å². The Balaban J connectivity index is 1.55. The van der Waals surface area contributed by atoms with Crippen molar-refractivity contribution >= 4 is 29.1 Å². The molecule has 2 heterocycles. The third-order valence-corrected chi connectivity index (χ3v) is 7.80. The smallest absolute Gasteiger partial charge is 0.271 e. The lowest BCUT2D eigenvalue weighted by Crippen LogP contribution is -2.39. The molecule has 8 heteroatoms. The van der Waals surface area contributed by atoms with Crippen LogP contribution in [-0.4, -0.2) is 24.3 Å². The highest BCUT2D eigenvalue weighted by Gasteiger charge is 2.33. The number of aliphatic carboxylic acids is 1. The highest BCUT2D eigenvalue weighted by atomic mass is 32.1. The monoisotopic (exact) mass is 523 g/mol. The van der Waals surface area contributed by atoms with E-state index >= 15 is 0 Å². The lowest BCUT2D eigenvalue weighted by atomic mass is 9.83. The van der Waals surface area contributed by atoms with Crippen molar-refractivity contribution in [2.24, 2.45) is 4.99 Å². The van der Waals surface area contributed by atoms with Gasteiger partial charge in [0, 0.05) is 11.1 Å². The second-order valence-electron chi connectivity index (χ2n) is 9.09. The summed E-state index contributed by atoms with van der Waals surface area (Å²) >= 11 is 1.33. The lowest BCUT2D eigenvalue weighted by molar-refractivity contribution is -0.307. The molecule has 2 aliphatic rings. The van der Waals surface area contributed by atoms with Gasteiger partial charge < -0.3 is 19.4 Å². The normalized spacial score (nSPS) is 16.2. The Morgan fingerprint density at radius 2 is 1.92 bits per heavy atom. The highest BCUT2D eigenvalue weighted by molar-refractivity contribution is 7.07. The van der Waals surface area contributed by atoms with E-state index in [1.165, 1.54) is 16.9 Å². The van der Waals surface area contributed by atoms with E-state index in [2.05, 4.69) is 12.1 Å². The van der Waals surface area contributed by atoms with Crippen LogP contribution in [0.4, 0.5) is 0 Å². The van der Waals surface area contributed by atoms with E-state index in [-0.39, 0.29) is 11.6 Å². The molecule has 0 saturated carbocycles. The second-order valence-corrected chi connectivity index (χ2v) is 10.1. The number of nitrogens with zero attached hydrogens (tertiary/aromatic N) is 2. The summed E-state index contributed by atoms with van der Waals surface area (Å²) in [5, 5.41) is 10.8. The molecule has 0 bridgehead atoms. The number of hydrogen-bond acceptors (Lipinski definition) is 7. The molecule has 190 valence electrons. The molecule has 4 aromatic rings. The predicted molar refractivity (Wildman–Crippen MR) is 143 cm³/mol. The zero-order chi connectivity index (χ0) is 26.2. The molecular weight excluding hydrogens is 500 g/mol. The molecule has 0 spiro atoms. The summed E-state index contributed by atoms with van der Waals surface area (Å²) in [5.74, 6) is -0.197. The number of thiazole rings is 1. The Labute approximate surface area is 222 Å².